The van der Waals surface area contributed by atoms with Crippen LogP contribution in [0.2, 0.25) is 5.02 Å². The summed E-state index contributed by atoms with van der Waals surface area (Å²) in [6, 6.07) is 9.28. The second-order valence-corrected chi connectivity index (χ2v) is 4.23. The van der Waals surface area contributed by atoms with Gasteiger partial charge in [-0.25, -0.2) is 0 Å². The second-order valence-electron chi connectivity index (χ2n) is 3.79. The molecular weight excluding hydrogens is 224 g/mol. The first kappa shape index (κ1) is 11.0. The molecule has 0 aliphatic carbocycles. The van der Waals surface area contributed by atoms with E-state index in [1.54, 1.807) is 17.0 Å². The molecule has 1 saturated heterocycles. The molecule has 4 heteroatoms. The largest absolute Gasteiger partial charge is 0.308 e. The molecule has 0 aromatic heterocycles. The van der Waals surface area contributed by atoms with Crippen LogP contribution < -0.4 is 4.90 Å². The van der Waals surface area contributed by atoms with E-state index in [1.807, 2.05) is 12.1 Å². The van der Waals surface area contributed by atoms with Crippen molar-refractivity contribution in [3.63, 3.8) is 0 Å². The monoisotopic (exact) mass is 234 g/mol. The molecule has 1 unspecified atom stereocenters. The molecule has 0 saturated carbocycles. The highest BCUT2D eigenvalue weighted by atomic mass is 35.5. The van der Waals surface area contributed by atoms with Crippen LogP contribution in [0.5, 0.6) is 0 Å². The standard InChI is InChI=1S/C12H11ClN2O/c13-9-1-3-10(4-2-9)15-11(7-8-14)5-6-12(15)16/h1-4,11H,5-7H2. The molecule has 2 rings (SSSR count). The van der Waals surface area contributed by atoms with Gasteiger partial charge in [0.25, 0.3) is 0 Å². The Kier molecular flexibility index (Phi) is 3.12. The Bertz CT molecular complexity index is 435. The quantitative estimate of drug-likeness (QED) is 0.790. The summed E-state index contributed by atoms with van der Waals surface area (Å²) in [5.41, 5.74) is 0.826. The van der Waals surface area contributed by atoms with Gasteiger partial charge in [0, 0.05) is 17.1 Å². The minimum absolute atomic E-state index is 0.0127. The van der Waals surface area contributed by atoms with Crippen molar-refractivity contribution in [2.24, 2.45) is 0 Å². The summed E-state index contributed by atoms with van der Waals surface area (Å²) in [5.74, 6) is 0.0857. The van der Waals surface area contributed by atoms with Crippen molar-refractivity contribution < 1.29 is 4.79 Å². The lowest BCUT2D eigenvalue weighted by Crippen LogP contribution is -2.32. The second kappa shape index (κ2) is 4.54. The van der Waals surface area contributed by atoms with Crippen molar-refractivity contribution in [3.05, 3.63) is 29.3 Å². The molecule has 3 nitrogen and oxygen atoms in total. The first-order valence-corrected chi connectivity index (χ1v) is 5.55. The number of halogens is 1. The van der Waals surface area contributed by atoms with Crippen molar-refractivity contribution >= 4 is 23.2 Å². The molecule has 1 amide bonds. The Labute approximate surface area is 99.2 Å². The van der Waals surface area contributed by atoms with Gasteiger partial charge in [-0.2, -0.15) is 5.26 Å². The molecule has 0 bridgehead atoms. The summed E-state index contributed by atoms with van der Waals surface area (Å²) in [5, 5.41) is 9.36. The molecule has 1 aliphatic heterocycles. The third-order valence-corrected chi connectivity index (χ3v) is 3.01. The molecule has 1 atom stereocenters. The van der Waals surface area contributed by atoms with E-state index in [1.165, 1.54) is 0 Å². The molecule has 1 aromatic carbocycles. The fourth-order valence-corrected chi connectivity index (χ4v) is 2.12. The van der Waals surface area contributed by atoms with Crippen LogP contribution >= 0.6 is 11.6 Å². The topological polar surface area (TPSA) is 44.1 Å². The van der Waals surface area contributed by atoms with E-state index in [2.05, 4.69) is 6.07 Å². The molecule has 1 fully saturated rings. The van der Waals surface area contributed by atoms with Crippen LogP contribution in [0.25, 0.3) is 0 Å². The van der Waals surface area contributed by atoms with E-state index >= 15 is 0 Å². The normalized spacial score (nSPS) is 19.9. The van der Waals surface area contributed by atoms with Crippen LogP contribution in [0.4, 0.5) is 5.69 Å². The van der Waals surface area contributed by atoms with Gasteiger partial charge in [0.1, 0.15) is 0 Å². The number of carbonyl (C=O) groups is 1. The molecule has 1 heterocycles. The number of nitriles is 1. The number of nitrogens with zero attached hydrogens (tertiary/aromatic N) is 2. The van der Waals surface area contributed by atoms with E-state index in [4.69, 9.17) is 16.9 Å². The number of carbonyl (C=O) groups excluding carboxylic acids is 1. The van der Waals surface area contributed by atoms with Gasteiger partial charge in [0.15, 0.2) is 0 Å². The van der Waals surface area contributed by atoms with E-state index in [-0.39, 0.29) is 11.9 Å². The summed E-state index contributed by atoms with van der Waals surface area (Å²) in [6.45, 7) is 0. The zero-order chi connectivity index (χ0) is 11.5. The van der Waals surface area contributed by atoms with Crippen molar-refractivity contribution in [3.8, 4) is 6.07 Å². The van der Waals surface area contributed by atoms with E-state index in [0.717, 1.165) is 12.1 Å². The number of benzene rings is 1. The highest BCUT2D eigenvalue weighted by Gasteiger charge is 2.31. The first-order chi connectivity index (χ1) is 7.72. The summed E-state index contributed by atoms with van der Waals surface area (Å²) < 4.78 is 0. The minimum atomic E-state index is 0.0127. The Balaban J connectivity index is 2.27. The molecular formula is C12H11ClN2O. The highest BCUT2D eigenvalue weighted by molar-refractivity contribution is 6.30. The molecule has 0 spiro atoms. The van der Waals surface area contributed by atoms with E-state index < -0.39 is 0 Å². The lowest BCUT2D eigenvalue weighted by atomic mass is 10.1. The number of amides is 1. The maximum atomic E-state index is 11.7. The summed E-state index contributed by atoms with van der Waals surface area (Å²) >= 11 is 5.80. The molecule has 16 heavy (non-hydrogen) atoms. The Morgan fingerprint density at radius 1 is 1.44 bits per heavy atom. The Morgan fingerprint density at radius 3 is 2.75 bits per heavy atom. The fourth-order valence-electron chi connectivity index (χ4n) is 2.00. The van der Waals surface area contributed by atoms with E-state index in [9.17, 15) is 4.79 Å². The smallest absolute Gasteiger partial charge is 0.227 e. The lowest BCUT2D eigenvalue weighted by molar-refractivity contribution is -0.117. The van der Waals surface area contributed by atoms with Crippen molar-refractivity contribution in [2.45, 2.75) is 25.3 Å². The van der Waals surface area contributed by atoms with Crippen LogP contribution in [0, 0.1) is 11.3 Å². The third kappa shape index (κ3) is 2.02. The maximum Gasteiger partial charge on any atom is 0.227 e. The SMILES string of the molecule is N#CCC1CCC(=O)N1c1ccc(Cl)cc1. The predicted molar refractivity (Wildman–Crippen MR) is 62.2 cm³/mol. The summed E-state index contributed by atoms with van der Waals surface area (Å²) in [6.07, 6.45) is 1.67. The number of rotatable bonds is 2. The van der Waals surface area contributed by atoms with Gasteiger partial charge >= 0.3 is 0 Å². The molecule has 0 radical (unpaired) electrons. The van der Waals surface area contributed by atoms with Crippen LogP contribution in [0.15, 0.2) is 24.3 Å². The third-order valence-electron chi connectivity index (χ3n) is 2.76. The van der Waals surface area contributed by atoms with Crippen LogP contribution in [-0.2, 0) is 4.79 Å². The van der Waals surface area contributed by atoms with Crippen LogP contribution in [0.3, 0.4) is 0 Å². The number of anilines is 1. The van der Waals surface area contributed by atoms with Gasteiger partial charge in [-0.05, 0) is 30.7 Å². The van der Waals surface area contributed by atoms with Gasteiger partial charge in [-0.1, -0.05) is 11.6 Å². The zero-order valence-corrected chi connectivity index (χ0v) is 9.44. The van der Waals surface area contributed by atoms with Crippen LogP contribution in [0.1, 0.15) is 19.3 Å². The first-order valence-electron chi connectivity index (χ1n) is 5.17. The van der Waals surface area contributed by atoms with Crippen molar-refractivity contribution in [2.75, 3.05) is 4.90 Å². The molecule has 0 N–H and O–H groups in total. The minimum Gasteiger partial charge on any atom is -0.308 e. The zero-order valence-electron chi connectivity index (χ0n) is 8.69. The Hall–Kier alpha value is -1.53. The summed E-state index contributed by atoms with van der Waals surface area (Å²) in [4.78, 5) is 13.4. The molecule has 82 valence electrons. The average Bonchev–Trinajstić information content (AvgIpc) is 2.62. The lowest BCUT2D eigenvalue weighted by Gasteiger charge is -2.22. The number of hydrogen-bond acceptors (Lipinski definition) is 2. The maximum absolute atomic E-state index is 11.7. The highest BCUT2D eigenvalue weighted by Crippen LogP contribution is 2.28. The van der Waals surface area contributed by atoms with Gasteiger partial charge in [-0.3, -0.25) is 4.79 Å². The van der Waals surface area contributed by atoms with Gasteiger partial charge in [0.2, 0.25) is 5.91 Å². The summed E-state index contributed by atoms with van der Waals surface area (Å²) in [7, 11) is 0. The molecule has 1 aliphatic rings. The van der Waals surface area contributed by atoms with Gasteiger partial charge in [-0.15, -0.1) is 0 Å². The van der Waals surface area contributed by atoms with Gasteiger partial charge < -0.3 is 4.90 Å². The van der Waals surface area contributed by atoms with Crippen molar-refractivity contribution in [1.29, 1.82) is 5.26 Å². The average molecular weight is 235 g/mol. The van der Waals surface area contributed by atoms with E-state index in [0.29, 0.717) is 17.9 Å². The number of hydrogen-bond donors (Lipinski definition) is 0. The predicted octanol–water partition coefficient (Wildman–Crippen LogP) is 2.75. The van der Waals surface area contributed by atoms with Crippen molar-refractivity contribution in [1.82, 2.24) is 0 Å². The van der Waals surface area contributed by atoms with Crippen LogP contribution in [-0.4, -0.2) is 11.9 Å². The fraction of sp³-hybridized carbons (Fsp3) is 0.333. The molecule has 1 aromatic rings. The Morgan fingerprint density at radius 2 is 2.12 bits per heavy atom. The van der Waals surface area contributed by atoms with Gasteiger partial charge in [0.05, 0.1) is 18.5 Å².